The molecule has 0 radical (unpaired) electrons. The van der Waals surface area contributed by atoms with Gasteiger partial charge in [0.25, 0.3) is 0 Å². The van der Waals surface area contributed by atoms with Crippen molar-refractivity contribution in [2.24, 2.45) is 0 Å². The summed E-state index contributed by atoms with van der Waals surface area (Å²) < 4.78 is 0. The van der Waals surface area contributed by atoms with Gasteiger partial charge in [-0.25, -0.2) is 0 Å². The van der Waals surface area contributed by atoms with Crippen LogP contribution in [0.3, 0.4) is 0 Å². The molecule has 1 aromatic rings. The molecule has 0 aliphatic rings. The summed E-state index contributed by atoms with van der Waals surface area (Å²) in [6.07, 6.45) is 1.04. The van der Waals surface area contributed by atoms with E-state index in [-0.39, 0.29) is 0 Å². The molecule has 1 aromatic carbocycles. The minimum absolute atomic E-state index is 0.315. The van der Waals surface area contributed by atoms with Gasteiger partial charge in [-0.2, -0.15) is 0 Å². The van der Waals surface area contributed by atoms with Gasteiger partial charge in [0, 0.05) is 11.1 Å². The number of nitrogens with one attached hydrogen (secondary N) is 2. The first-order chi connectivity index (χ1) is 8.10. The van der Waals surface area contributed by atoms with Gasteiger partial charge in [-0.1, -0.05) is 36.6 Å². The molecular formula is C11H10N2O2S2. The molecule has 0 heterocycles. The lowest BCUT2D eigenvalue weighted by Gasteiger charge is -2.09. The Balaban J connectivity index is 3.09. The molecule has 4 nitrogen and oxygen atoms in total. The molecule has 2 N–H and O–H groups in total. The number of aryl methyl sites for hydroxylation is 1. The Morgan fingerprint density at radius 3 is 2.29 bits per heavy atom. The van der Waals surface area contributed by atoms with Crippen LogP contribution in [0.1, 0.15) is 16.7 Å². The molecule has 1 rings (SSSR count). The van der Waals surface area contributed by atoms with Gasteiger partial charge in [-0.05, 0) is 18.6 Å². The third kappa shape index (κ3) is 3.40. The van der Waals surface area contributed by atoms with E-state index in [1.165, 1.54) is 0 Å². The highest BCUT2D eigenvalue weighted by atomic mass is 32.1. The number of rotatable bonds is 4. The fourth-order valence-electron chi connectivity index (χ4n) is 1.28. The fraction of sp³-hybridized carbons (Fsp3) is 0.0909. The lowest BCUT2D eigenvalue weighted by atomic mass is 10.0. The molecule has 2 amide bonds. The highest BCUT2D eigenvalue weighted by Gasteiger charge is 2.08. The predicted molar refractivity (Wildman–Crippen MR) is 73.0 cm³/mol. The summed E-state index contributed by atoms with van der Waals surface area (Å²) in [5.41, 5.74) is 2.30. The molecule has 0 atom stereocenters. The van der Waals surface area contributed by atoms with E-state index in [1.54, 1.807) is 12.1 Å². The zero-order chi connectivity index (χ0) is 12.8. The lowest BCUT2D eigenvalue weighted by Crippen LogP contribution is -2.23. The predicted octanol–water partition coefficient (Wildman–Crippen LogP) is 0.838. The summed E-state index contributed by atoms with van der Waals surface area (Å²) in [6, 6.07) is 5.33. The second-order valence-corrected chi connectivity index (χ2v) is 4.03. The summed E-state index contributed by atoms with van der Waals surface area (Å²) >= 11 is 10.0. The number of carbonyl (C=O) groups is 2. The SMILES string of the molecule is Cc1ccc(C(=S)NC=O)cc1C(=S)NC=O. The van der Waals surface area contributed by atoms with Crippen molar-refractivity contribution >= 4 is 47.2 Å². The van der Waals surface area contributed by atoms with E-state index in [0.717, 1.165) is 5.56 Å². The van der Waals surface area contributed by atoms with Crippen molar-refractivity contribution in [3.8, 4) is 0 Å². The van der Waals surface area contributed by atoms with Crippen molar-refractivity contribution in [2.45, 2.75) is 6.92 Å². The molecule has 0 bridgehead atoms. The highest BCUT2D eigenvalue weighted by Crippen LogP contribution is 2.12. The van der Waals surface area contributed by atoms with Gasteiger partial charge in [0.05, 0.1) is 0 Å². The number of amides is 2. The number of carbonyl (C=O) groups excluding carboxylic acids is 2. The van der Waals surface area contributed by atoms with Gasteiger partial charge in [0.1, 0.15) is 9.98 Å². The smallest absolute Gasteiger partial charge is 0.212 e. The molecule has 0 aliphatic carbocycles. The number of hydrogen-bond acceptors (Lipinski definition) is 4. The highest BCUT2D eigenvalue weighted by molar-refractivity contribution is 7.81. The van der Waals surface area contributed by atoms with Crippen LogP contribution in [0.15, 0.2) is 18.2 Å². The molecule has 0 aliphatic heterocycles. The van der Waals surface area contributed by atoms with Crippen LogP contribution in [-0.2, 0) is 9.59 Å². The van der Waals surface area contributed by atoms with E-state index in [2.05, 4.69) is 10.6 Å². The van der Waals surface area contributed by atoms with Crippen LogP contribution in [0, 0.1) is 6.92 Å². The van der Waals surface area contributed by atoms with Crippen molar-refractivity contribution in [1.82, 2.24) is 10.6 Å². The standard InChI is InChI=1S/C11H10N2O2S2/c1-7-2-3-8(10(16)12-5-14)4-9(7)11(17)13-6-15/h2-6H,1H3,(H,12,14,16)(H,13,15,17). The van der Waals surface area contributed by atoms with E-state index in [0.29, 0.717) is 33.9 Å². The summed E-state index contributed by atoms with van der Waals surface area (Å²) in [6.45, 7) is 1.87. The van der Waals surface area contributed by atoms with Crippen LogP contribution in [0.4, 0.5) is 0 Å². The number of thiocarbonyl (C=S) groups is 2. The molecule has 0 saturated carbocycles. The number of hydrogen-bond donors (Lipinski definition) is 2. The maximum atomic E-state index is 10.3. The van der Waals surface area contributed by atoms with E-state index >= 15 is 0 Å². The lowest BCUT2D eigenvalue weighted by molar-refractivity contribution is -0.109. The Morgan fingerprint density at radius 1 is 1.12 bits per heavy atom. The molecule has 0 spiro atoms. The summed E-state index contributed by atoms with van der Waals surface area (Å²) in [4.78, 5) is 21.3. The van der Waals surface area contributed by atoms with Gasteiger partial charge in [-0.3, -0.25) is 9.59 Å². The maximum absolute atomic E-state index is 10.3. The van der Waals surface area contributed by atoms with Gasteiger partial charge >= 0.3 is 0 Å². The second-order valence-electron chi connectivity index (χ2n) is 3.21. The van der Waals surface area contributed by atoms with Crippen LogP contribution in [-0.4, -0.2) is 22.8 Å². The maximum Gasteiger partial charge on any atom is 0.212 e. The first-order valence-electron chi connectivity index (χ1n) is 4.70. The Bertz CT molecular complexity index is 486. The van der Waals surface area contributed by atoms with E-state index in [4.69, 9.17) is 24.4 Å². The van der Waals surface area contributed by atoms with Crippen LogP contribution < -0.4 is 10.6 Å². The van der Waals surface area contributed by atoms with Crippen LogP contribution in [0.2, 0.25) is 0 Å². The summed E-state index contributed by atoms with van der Waals surface area (Å²) in [7, 11) is 0. The van der Waals surface area contributed by atoms with Gasteiger partial charge in [0.2, 0.25) is 12.8 Å². The first kappa shape index (κ1) is 13.4. The zero-order valence-electron chi connectivity index (χ0n) is 9.02. The largest absolute Gasteiger partial charge is 0.319 e. The molecule has 17 heavy (non-hydrogen) atoms. The average molecular weight is 266 g/mol. The normalized spacial score (nSPS) is 9.24. The minimum atomic E-state index is 0.315. The monoisotopic (exact) mass is 266 g/mol. The van der Waals surface area contributed by atoms with Crippen molar-refractivity contribution in [1.29, 1.82) is 0 Å². The quantitative estimate of drug-likeness (QED) is 0.626. The van der Waals surface area contributed by atoms with Crippen LogP contribution in [0.25, 0.3) is 0 Å². The average Bonchev–Trinajstić information content (AvgIpc) is 2.30. The Kier molecular flexibility index (Phi) is 4.86. The molecular weight excluding hydrogens is 256 g/mol. The van der Waals surface area contributed by atoms with Crippen molar-refractivity contribution in [2.75, 3.05) is 0 Å². The van der Waals surface area contributed by atoms with Gasteiger partial charge in [-0.15, -0.1) is 0 Å². The van der Waals surface area contributed by atoms with Crippen molar-refractivity contribution < 1.29 is 9.59 Å². The molecule has 0 unspecified atom stereocenters. The topological polar surface area (TPSA) is 58.2 Å². The Hall–Kier alpha value is -1.66. The van der Waals surface area contributed by atoms with Crippen molar-refractivity contribution in [3.63, 3.8) is 0 Å². The van der Waals surface area contributed by atoms with Gasteiger partial charge in [0.15, 0.2) is 0 Å². The molecule has 0 saturated heterocycles. The van der Waals surface area contributed by atoms with E-state index in [9.17, 15) is 9.59 Å². The summed E-state index contributed by atoms with van der Waals surface area (Å²) in [5.74, 6) is 0. The Labute approximate surface area is 109 Å². The third-order valence-electron chi connectivity index (χ3n) is 2.12. The Morgan fingerprint density at radius 2 is 1.71 bits per heavy atom. The van der Waals surface area contributed by atoms with Crippen LogP contribution >= 0.6 is 24.4 Å². The molecule has 0 aromatic heterocycles. The minimum Gasteiger partial charge on any atom is -0.319 e. The molecule has 6 heteroatoms. The number of benzene rings is 1. The van der Waals surface area contributed by atoms with Crippen molar-refractivity contribution in [3.05, 3.63) is 34.9 Å². The van der Waals surface area contributed by atoms with E-state index < -0.39 is 0 Å². The molecule has 0 fully saturated rings. The van der Waals surface area contributed by atoms with Crippen LogP contribution in [0.5, 0.6) is 0 Å². The third-order valence-corrected chi connectivity index (χ3v) is 2.82. The second kappa shape index (κ2) is 6.17. The summed E-state index contributed by atoms with van der Waals surface area (Å²) in [5, 5.41) is 4.82. The molecule has 88 valence electrons. The fourth-order valence-corrected chi connectivity index (χ4v) is 1.72. The van der Waals surface area contributed by atoms with E-state index in [1.807, 2.05) is 13.0 Å². The zero-order valence-corrected chi connectivity index (χ0v) is 10.7. The first-order valence-corrected chi connectivity index (χ1v) is 5.51. The van der Waals surface area contributed by atoms with Gasteiger partial charge < -0.3 is 10.6 Å².